The highest BCUT2D eigenvalue weighted by atomic mass is 31.2. The van der Waals surface area contributed by atoms with E-state index in [2.05, 4.69) is 26.0 Å². The second-order valence-corrected chi connectivity index (χ2v) is 17.8. The van der Waals surface area contributed by atoms with E-state index in [-0.39, 0.29) is 13.0 Å². The zero-order valence-corrected chi connectivity index (χ0v) is 38.3. The average molecular weight is 835 g/mol. The molecule has 0 amide bonds. The summed E-state index contributed by atoms with van der Waals surface area (Å²) < 4.78 is 29.2. The van der Waals surface area contributed by atoms with Crippen LogP contribution in [0.3, 0.4) is 0 Å². The molecule has 2 unspecified atom stereocenters. The summed E-state index contributed by atoms with van der Waals surface area (Å²) >= 11 is 0. The van der Waals surface area contributed by atoms with Gasteiger partial charge in [0.15, 0.2) is 18.0 Å². The van der Waals surface area contributed by atoms with Crippen molar-refractivity contribution in [3.05, 3.63) is 72.9 Å². The number of nitrogens with zero attached hydrogens (tertiary/aromatic N) is 1. The minimum Gasteiger partial charge on any atom is -0.453 e. The topological polar surface area (TPSA) is 119 Å². The fraction of sp³-hybridized carbons (Fsp3) is 0.708. The monoisotopic (exact) mass is 835 g/mol. The molecule has 0 aromatic rings. The third-order valence-electron chi connectivity index (χ3n) is 9.74. The Hall–Kier alpha value is -2.39. The maximum absolute atomic E-state index is 13.3. The van der Waals surface area contributed by atoms with Crippen molar-refractivity contribution < 1.29 is 42.4 Å². The average Bonchev–Trinajstić information content (AvgIpc) is 3.17. The van der Waals surface area contributed by atoms with Crippen molar-refractivity contribution >= 4 is 19.6 Å². The number of ether oxygens (including phenoxy) is 1. The van der Waals surface area contributed by atoms with E-state index >= 15 is 0 Å². The highest BCUT2D eigenvalue weighted by Crippen LogP contribution is 2.45. The Bertz CT molecular complexity index is 1230. The normalized spacial score (nSPS) is 14.9. The van der Waals surface area contributed by atoms with Crippen LogP contribution in [-0.2, 0) is 27.9 Å². The Kier molecular flexibility index (Phi) is 37.2. The first-order chi connectivity index (χ1) is 28.0. The van der Waals surface area contributed by atoms with Crippen LogP contribution in [0.5, 0.6) is 0 Å². The van der Waals surface area contributed by atoms with Crippen molar-refractivity contribution in [1.82, 2.24) is 0 Å². The van der Waals surface area contributed by atoms with Gasteiger partial charge < -0.3 is 19.2 Å². The Morgan fingerprint density at radius 2 is 1.02 bits per heavy atom. The zero-order chi connectivity index (χ0) is 43.0. The number of esters is 1. The molecule has 0 aromatic carbocycles. The zero-order valence-electron chi connectivity index (χ0n) is 37.4. The molecule has 0 fully saturated rings. The van der Waals surface area contributed by atoms with E-state index < -0.39 is 38.4 Å². The largest absolute Gasteiger partial charge is 0.473 e. The molecule has 0 aliphatic carbocycles. The second-order valence-electron chi connectivity index (χ2n) is 16.4. The van der Waals surface area contributed by atoms with Gasteiger partial charge in [0.25, 0.3) is 0 Å². The molecule has 0 saturated heterocycles. The third kappa shape index (κ3) is 37.9. The number of phosphoric ester groups is 1. The van der Waals surface area contributed by atoms with Crippen LogP contribution in [0.25, 0.3) is 0 Å². The highest BCUT2D eigenvalue weighted by Gasteiger charge is 2.38. The summed E-state index contributed by atoms with van der Waals surface area (Å²) in [6.45, 7) is 4.04. The lowest BCUT2D eigenvalue weighted by molar-refractivity contribution is -0.870. The van der Waals surface area contributed by atoms with Crippen LogP contribution >= 0.6 is 7.82 Å². The van der Waals surface area contributed by atoms with Crippen molar-refractivity contribution in [2.75, 3.05) is 40.9 Å². The number of hydrogen-bond donors (Lipinski definition) is 2. The molecule has 0 aliphatic rings. The highest BCUT2D eigenvalue weighted by molar-refractivity contribution is 7.47. The van der Waals surface area contributed by atoms with Crippen molar-refractivity contribution in [1.29, 1.82) is 0 Å². The third-order valence-corrected chi connectivity index (χ3v) is 10.7. The standard InChI is InChI=1S/C48H84NO8P/c1-6-8-10-12-14-16-18-20-22-23-24-25-27-29-31-33-35-37-39-41-47(52)56-46(44-50)48(57-58(53,54)55-43-42-49(3,4)5)45(51)40-38-36-34-32-30-28-26-21-19-17-15-13-11-9-7-2/h22-25,27,29,31,33,35,37,39,41,46,48,50H,6-21,26,28,30,32,34,36,38,40,42-44H2,1-5H3/p+1/t46-,48?/m0/s1. The molecule has 3 atom stereocenters. The number of rotatable bonds is 40. The molecular formula is C48H85NO8P+. The number of likely N-dealkylation sites (N-methyl/N-ethyl adjacent to an activating group) is 1. The number of hydrogen-bond acceptors (Lipinski definition) is 7. The van der Waals surface area contributed by atoms with Crippen molar-refractivity contribution in [2.45, 2.75) is 180 Å². The van der Waals surface area contributed by atoms with Crippen molar-refractivity contribution in [3.63, 3.8) is 0 Å². The number of phosphoric acid groups is 1. The molecule has 0 saturated carbocycles. The molecule has 0 aromatic heterocycles. The van der Waals surface area contributed by atoms with Crippen molar-refractivity contribution in [3.8, 4) is 0 Å². The van der Waals surface area contributed by atoms with Gasteiger partial charge in [-0.15, -0.1) is 0 Å². The molecule has 0 spiro atoms. The molecule has 58 heavy (non-hydrogen) atoms. The first kappa shape index (κ1) is 55.6. The van der Waals surface area contributed by atoms with E-state index in [1.54, 1.807) is 12.2 Å². The van der Waals surface area contributed by atoms with Gasteiger partial charge in [0, 0.05) is 12.5 Å². The quantitative estimate of drug-likeness (QED) is 0.0156. The van der Waals surface area contributed by atoms with Crippen LogP contribution in [0.1, 0.15) is 168 Å². The number of unbranched alkanes of at least 4 members (excludes halogenated alkanes) is 21. The Balaban J connectivity index is 4.86. The van der Waals surface area contributed by atoms with Gasteiger partial charge in [0.1, 0.15) is 13.2 Å². The Morgan fingerprint density at radius 3 is 1.47 bits per heavy atom. The van der Waals surface area contributed by atoms with Crippen LogP contribution < -0.4 is 0 Å². The van der Waals surface area contributed by atoms with E-state index in [1.807, 2.05) is 57.6 Å². The SMILES string of the molecule is CCCCCCCCCC=CC=CC=CC=CC=CC=CC(=O)O[C@@H](CO)C(OP(=O)(O)OCC[N+](C)(C)C)C(=O)CCCCCCCCCCCCCCCCC. The molecule has 0 radical (unpaired) electrons. The van der Waals surface area contributed by atoms with Crippen LogP contribution in [-0.4, -0.2) is 79.3 Å². The predicted molar refractivity (Wildman–Crippen MR) is 243 cm³/mol. The van der Waals surface area contributed by atoms with Crippen LogP contribution in [0, 0.1) is 0 Å². The molecule has 0 aliphatic heterocycles. The lowest BCUT2D eigenvalue weighted by Gasteiger charge is -2.27. The fourth-order valence-corrected chi connectivity index (χ4v) is 7.09. The number of ketones is 1. The number of aliphatic hydroxyl groups excluding tert-OH is 1. The van der Waals surface area contributed by atoms with Gasteiger partial charge in [-0.25, -0.2) is 9.36 Å². The number of carbonyl (C=O) groups is 2. The molecular weight excluding hydrogens is 750 g/mol. The minimum absolute atomic E-state index is 0.0566. The van der Waals surface area contributed by atoms with Gasteiger partial charge in [-0.2, -0.15) is 0 Å². The summed E-state index contributed by atoms with van der Waals surface area (Å²) in [5.41, 5.74) is 0. The maximum atomic E-state index is 13.3. The summed E-state index contributed by atoms with van der Waals surface area (Å²) in [6, 6.07) is 0. The van der Waals surface area contributed by atoms with Gasteiger partial charge in [0.2, 0.25) is 0 Å². The van der Waals surface area contributed by atoms with Gasteiger partial charge in [0.05, 0.1) is 27.7 Å². The summed E-state index contributed by atoms with van der Waals surface area (Å²) in [4.78, 5) is 36.5. The van der Waals surface area contributed by atoms with Gasteiger partial charge in [-0.05, 0) is 19.3 Å². The molecule has 0 rings (SSSR count). The number of Topliss-reactive ketones (excluding diaryl/α,β-unsaturated/α-hetero) is 1. The number of aliphatic hydroxyl groups is 1. The molecule has 9 nitrogen and oxygen atoms in total. The Morgan fingerprint density at radius 1 is 0.603 bits per heavy atom. The first-order valence-electron chi connectivity index (χ1n) is 22.8. The van der Waals surface area contributed by atoms with Gasteiger partial charge in [-0.1, -0.05) is 209 Å². The summed E-state index contributed by atoms with van der Waals surface area (Å²) in [7, 11) is 1.01. The van der Waals surface area contributed by atoms with E-state index in [0.29, 0.717) is 17.4 Å². The molecule has 2 N–H and O–H groups in total. The number of allylic oxidation sites excluding steroid dienone is 11. The van der Waals surface area contributed by atoms with Crippen LogP contribution in [0.15, 0.2) is 72.9 Å². The smallest absolute Gasteiger partial charge is 0.453 e. The molecule has 334 valence electrons. The number of carbonyl (C=O) groups excluding carboxylic acids is 2. The van der Waals surface area contributed by atoms with E-state index in [0.717, 1.165) is 31.8 Å². The second kappa shape index (κ2) is 38.8. The molecule has 0 bridgehead atoms. The van der Waals surface area contributed by atoms with Gasteiger partial charge in [-0.3, -0.25) is 13.8 Å². The predicted octanol–water partition coefficient (Wildman–Crippen LogP) is 12.4. The molecule has 10 heteroatoms. The minimum atomic E-state index is -4.71. The lowest BCUT2D eigenvalue weighted by atomic mass is 10.0. The van der Waals surface area contributed by atoms with E-state index in [1.165, 1.54) is 122 Å². The number of quaternary nitrogens is 1. The first-order valence-corrected chi connectivity index (χ1v) is 24.3. The van der Waals surface area contributed by atoms with E-state index in [9.17, 15) is 24.2 Å². The van der Waals surface area contributed by atoms with Crippen LogP contribution in [0.2, 0.25) is 0 Å². The fourth-order valence-electron chi connectivity index (χ4n) is 6.18. The maximum Gasteiger partial charge on any atom is 0.473 e. The summed E-state index contributed by atoms with van der Waals surface area (Å²) in [5.74, 6) is -1.35. The lowest BCUT2D eigenvalue weighted by Crippen LogP contribution is -2.41. The van der Waals surface area contributed by atoms with E-state index in [4.69, 9.17) is 13.8 Å². The Labute approximate surface area is 355 Å². The summed E-state index contributed by atoms with van der Waals surface area (Å²) in [6.07, 6.45) is 46.8. The summed E-state index contributed by atoms with van der Waals surface area (Å²) in [5, 5.41) is 10.1. The van der Waals surface area contributed by atoms with Gasteiger partial charge >= 0.3 is 13.8 Å². The van der Waals surface area contributed by atoms with Crippen LogP contribution in [0.4, 0.5) is 0 Å². The van der Waals surface area contributed by atoms with Crippen molar-refractivity contribution in [2.24, 2.45) is 0 Å². The molecule has 0 heterocycles.